The summed E-state index contributed by atoms with van der Waals surface area (Å²) in [4.78, 5) is 2.64. The van der Waals surface area contributed by atoms with E-state index in [1.54, 1.807) is 0 Å². The summed E-state index contributed by atoms with van der Waals surface area (Å²) in [6, 6.07) is 9.29. The zero-order valence-electron chi connectivity index (χ0n) is 13.0. The molecule has 1 unspecified atom stereocenters. The quantitative estimate of drug-likeness (QED) is 0.906. The van der Waals surface area contributed by atoms with Crippen molar-refractivity contribution in [1.82, 2.24) is 10.2 Å². The van der Waals surface area contributed by atoms with Crippen LogP contribution >= 0.6 is 0 Å². The standard InChI is InChI=1S/C18H28N2/c1-15(2)11-16-3-5-17(6-4-16)12-20-10-8-18(14-20)7-9-19-13-18/h3-6,15,19H,7-14H2,1-2H3. The molecule has 2 nitrogen and oxygen atoms in total. The second-order valence-corrected chi connectivity index (χ2v) is 7.30. The highest BCUT2D eigenvalue weighted by Crippen LogP contribution is 2.36. The van der Waals surface area contributed by atoms with Crippen LogP contribution in [-0.2, 0) is 13.0 Å². The maximum atomic E-state index is 3.54. The zero-order chi connectivity index (χ0) is 14.0. The van der Waals surface area contributed by atoms with Crippen LogP contribution in [0, 0.1) is 11.3 Å². The lowest BCUT2D eigenvalue weighted by Crippen LogP contribution is -2.28. The van der Waals surface area contributed by atoms with Gasteiger partial charge < -0.3 is 5.32 Å². The fourth-order valence-electron chi connectivity index (χ4n) is 3.82. The lowest BCUT2D eigenvalue weighted by Gasteiger charge is -2.23. The Labute approximate surface area is 123 Å². The first kappa shape index (κ1) is 14.1. The molecule has 3 rings (SSSR count). The minimum atomic E-state index is 0.595. The summed E-state index contributed by atoms with van der Waals surface area (Å²) in [5, 5.41) is 3.54. The summed E-state index contributed by atoms with van der Waals surface area (Å²) in [5.74, 6) is 0.745. The van der Waals surface area contributed by atoms with E-state index in [4.69, 9.17) is 0 Å². The molecule has 0 aliphatic carbocycles. The largest absolute Gasteiger partial charge is 0.316 e. The molecule has 2 aliphatic rings. The van der Waals surface area contributed by atoms with Crippen molar-refractivity contribution >= 4 is 0 Å². The fourth-order valence-corrected chi connectivity index (χ4v) is 3.82. The summed E-state index contributed by atoms with van der Waals surface area (Å²) in [6.07, 6.45) is 3.95. The fraction of sp³-hybridized carbons (Fsp3) is 0.667. The molecule has 2 aliphatic heterocycles. The number of hydrogen-bond donors (Lipinski definition) is 1. The lowest BCUT2D eigenvalue weighted by atomic mass is 9.86. The van der Waals surface area contributed by atoms with E-state index in [0.717, 1.165) is 12.5 Å². The number of likely N-dealkylation sites (tertiary alicyclic amines) is 1. The highest BCUT2D eigenvalue weighted by molar-refractivity contribution is 5.23. The molecule has 110 valence electrons. The van der Waals surface area contributed by atoms with Crippen LogP contribution in [0.3, 0.4) is 0 Å². The maximum Gasteiger partial charge on any atom is 0.0233 e. The van der Waals surface area contributed by atoms with E-state index < -0.39 is 0 Å². The lowest BCUT2D eigenvalue weighted by molar-refractivity contribution is 0.268. The van der Waals surface area contributed by atoms with E-state index in [1.807, 2.05) is 0 Å². The second-order valence-electron chi connectivity index (χ2n) is 7.30. The van der Waals surface area contributed by atoms with Crippen molar-refractivity contribution in [2.45, 2.75) is 39.7 Å². The van der Waals surface area contributed by atoms with Gasteiger partial charge in [0.05, 0.1) is 0 Å². The Bertz CT molecular complexity index is 429. The summed E-state index contributed by atoms with van der Waals surface area (Å²) >= 11 is 0. The van der Waals surface area contributed by atoms with E-state index in [0.29, 0.717) is 5.41 Å². The van der Waals surface area contributed by atoms with E-state index in [2.05, 4.69) is 48.3 Å². The molecule has 2 fully saturated rings. The summed E-state index contributed by atoms with van der Waals surface area (Å²) in [5.41, 5.74) is 3.54. The minimum absolute atomic E-state index is 0.595. The minimum Gasteiger partial charge on any atom is -0.316 e. The summed E-state index contributed by atoms with van der Waals surface area (Å²) < 4.78 is 0. The summed E-state index contributed by atoms with van der Waals surface area (Å²) in [7, 11) is 0. The van der Waals surface area contributed by atoms with Gasteiger partial charge in [0.25, 0.3) is 0 Å². The Morgan fingerprint density at radius 3 is 2.55 bits per heavy atom. The van der Waals surface area contributed by atoms with Crippen LogP contribution in [0.15, 0.2) is 24.3 Å². The number of rotatable bonds is 4. The second kappa shape index (κ2) is 5.87. The first-order valence-corrected chi connectivity index (χ1v) is 8.16. The molecular formula is C18H28N2. The van der Waals surface area contributed by atoms with Crippen molar-refractivity contribution in [2.75, 3.05) is 26.2 Å². The monoisotopic (exact) mass is 272 g/mol. The molecule has 20 heavy (non-hydrogen) atoms. The molecule has 0 saturated carbocycles. The third kappa shape index (κ3) is 3.24. The van der Waals surface area contributed by atoms with Crippen molar-refractivity contribution < 1.29 is 0 Å². The molecule has 0 amide bonds. The molecule has 1 atom stereocenters. The third-order valence-corrected chi connectivity index (χ3v) is 4.92. The Morgan fingerprint density at radius 1 is 1.15 bits per heavy atom. The van der Waals surface area contributed by atoms with Gasteiger partial charge in [-0.05, 0) is 54.8 Å². The van der Waals surface area contributed by atoms with Gasteiger partial charge in [0.2, 0.25) is 0 Å². The average Bonchev–Trinajstić information content (AvgIpc) is 3.02. The molecular weight excluding hydrogens is 244 g/mol. The van der Waals surface area contributed by atoms with Crippen LogP contribution in [0.5, 0.6) is 0 Å². The van der Waals surface area contributed by atoms with Gasteiger partial charge in [-0.3, -0.25) is 4.90 Å². The van der Waals surface area contributed by atoms with E-state index in [-0.39, 0.29) is 0 Å². The van der Waals surface area contributed by atoms with Crippen molar-refractivity contribution in [3.05, 3.63) is 35.4 Å². The average molecular weight is 272 g/mol. The molecule has 2 heteroatoms. The topological polar surface area (TPSA) is 15.3 Å². The van der Waals surface area contributed by atoms with Crippen molar-refractivity contribution in [1.29, 1.82) is 0 Å². The molecule has 1 aromatic carbocycles. The van der Waals surface area contributed by atoms with Crippen LogP contribution in [0.25, 0.3) is 0 Å². The molecule has 0 radical (unpaired) electrons. The van der Waals surface area contributed by atoms with Crippen molar-refractivity contribution in [3.63, 3.8) is 0 Å². The van der Waals surface area contributed by atoms with Crippen molar-refractivity contribution in [3.8, 4) is 0 Å². The van der Waals surface area contributed by atoms with Gasteiger partial charge in [0.1, 0.15) is 0 Å². The number of nitrogens with zero attached hydrogens (tertiary/aromatic N) is 1. The highest BCUT2D eigenvalue weighted by atomic mass is 15.2. The van der Waals surface area contributed by atoms with Gasteiger partial charge >= 0.3 is 0 Å². The number of hydrogen-bond acceptors (Lipinski definition) is 2. The van der Waals surface area contributed by atoms with Gasteiger partial charge in [0, 0.05) is 19.6 Å². The van der Waals surface area contributed by atoms with E-state index in [1.165, 1.54) is 56.6 Å². The molecule has 1 N–H and O–H groups in total. The van der Waals surface area contributed by atoms with Gasteiger partial charge in [-0.1, -0.05) is 38.1 Å². The van der Waals surface area contributed by atoms with Crippen LogP contribution in [0.1, 0.15) is 37.8 Å². The summed E-state index contributed by atoms with van der Waals surface area (Å²) in [6.45, 7) is 10.7. The van der Waals surface area contributed by atoms with Crippen molar-refractivity contribution in [2.24, 2.45) is 11.3 Å². The zero-order valence-corrected chi connectivity index (χ0v) is 13.0. The predicted octanol–water partition coefficient (Wildman–Crippen LogP) is 3.07. The smallest absolute Gasteiger partial charge is 0.0233 e. The molecule has 0 bridgehead atoms. The predicted molar refractivity (Wildman–Crippen MR) is 84.8 cm³/mol. The van der Waals surface area contributed by atoms with Gasteiger partial charge in [0.15, 0.2) is 0 Å². The Kier molecular flexibility index (Phi) is 4.13. The number of benzene rings is 1. The normalized spacial score (nSPS) is 26.9. The van der Waals surface area contributed by atoms with E-state index in [9.17, 15) is 0 Å². The SMILES string of the molecule is CC(C)Cc1ccc(CN2CCC3(CCNC3)C2)cc1. The Balaban J connectivity index is 1.56. The first-order valence-electron chi connectivity index (χ1n) is 8.16. The highest BCUT2D eigenvalue weighted by Gasteiger charge is 2.39. The molecule has 2 heterocycles. The van der Waals surface area contributed by atoms with Gasteiger partial charge in [-0.25, -0.2) is 0 Å². The molecule has 2 saturated heterocycles. The molecule has 0 aromatic heterocycles. The van der Waals surface area contributed by atoms with Gasteiger partial charge in [-0.2, -0.15) is 0 Å². The van der Waals surface area contributed by atoms with Gasteiger partial charge in [-0.15, -0.1) is 0 Å². The molecule has 1 spiro atoms. The van der Waals surface area contributed by atoms with Crippen LogP contribution in [0.2, 0.25) is 0 Å². The Hall–Kier alpha value is -0.860. The van der Waals surface area contributed by atoms with Crippen LogP contribution in [0.4, 0.5) is 0 Å². The van der Waals surface area contributed by atoms with Crippen LogP contribution in [-0.4, -0.2) is 31.1 Å². The first-order chi connectivity index (χ1) is 9.65. The molecule has 1 aromatic rings. The van der Waals surface area contributed by atoms with E-state index >= 15 is 0 Å². The third-order valence-electron chi connectivity index (χ3n) is 4.92. The maximum absolute atomic E-state index is 3.54. The van der Waals surface area contributed by atoms with Crippen LogP contribution < -0.4 is 5.32 Å². The number of nitrogens with one attached hydrogen (secondary N) is 1. The Morgan fingerprint density at radius 2 is 1.90 bits per heavy atom.